The van der Waals surface area contributed by atoms with Crippen molar-refractivity contribution in [2.75, 3.05) is 18.2 Å². The Morgan fingerprint density at radius 3 is 2.92 bits per heavy atom. The van der Waals surface area contributed by atoms with E-state index in [1.165, 1.54) is 6.07 Å². The van der Waals surface area contributed by atoms with Gasteiger partial charge in [-0.05, 0) is 50.6 Å². The number of carbonyl (C=O) groups excluding carboxylic acids is 1. The highest BCUT2D eigenvalue weighted by Gasteiger charge is 2.24. The highest BCUT2D eigenvalue weighted by Crippen LogP contribution is 2.27. The molecule has 132 valence electrons. The molecule has 5 nitrogen and oxygen atoms in total. The van der Waals surface area contributed by atoms with Gasteiger partial charge in [0.1, 0.15) is 11.3 Å². The van der Waals surface area contributed by atoms with E-state index in [4.69, 9.17) is 4.74 Å². The standard InChI is InChI=1S/C19H22N2O3S/c1-3-24-16-12-17(22)21-10-5-4-9-15(21)18(16)19(23)20-13-7-6-8-14(11-13)25-2/h6-8,11-12H,3-5,9-10H2,1-2H3,(H,20,23). The summed E-state index contributed by atoms with van der Waals surface area (Å²) in [5, 5.41) is 2.95. The zero-order chi connectivity index (χ0) is 17.8. The maximum Gasteiger partial charge on any atom is 0.261 e. The predicted molar refractivity (Wildman–Crippen MR) is 101 cm³/mol. The van der Waals surface area contributed by atoms with Gasteiger partial charge in [0.25, 0.3) is 11.5 Å². The fourth-order valence-electron chi connectivity index (χ4n) is 3.15. The molecule has 0 radical (unpaired) electrons. The molecule has 1 aliphatic heterocycles. The number of hydrogen-bond acceptors (Lipinski definition) is 4. The van der Waals surface area contributed by atoms with Crippen LogP contribution in [0, 0.1) is 0 Å². The van der Waals surface area contributed by atoms with E-state index >= 15 is 0 Å². The normalized spacial score (nSPS) is 13.2. The molecule has 25 heavy (non-hydrogen) atoms. The molecule has 1 aromatic heterocycles. The minimum absolute atomic E-state index is 0.0981. The van der Waals surface area contributed by atoms with Gasteiger partial charge in [-0.25, -0.2) is 0 Å². The maximum absolute atomic E-state index is 13.0. The number of ether oxygens (including phenoxy) is 1. The second-order valence-electron chi connectivity index (χ2n) is 5.90. The summed E-state index contributed by atoms with van der Waals surface area (Å²) < 4.78 is 7.32. The number of carbonyl (C=O) groups is 1. The van der Waals surface area contributed by atoms with Gasteiger partial charge in [0.2, 0.25) is 0 Å². The number of fused-ring (bicyclic) bond motifs is 1. The maximum atomic E-state index is 13.0. The van der Waals surface area contributed by atoms with E-state index in [1.807, 2.05) is 37.4 Å². The minimum atomic E-state index is -0.229. The highest BCUT2D eigenvalue weighted by atomic mass is 32.2. The van der Waals surface area contributed by atoms with Crippen LogP contribution in [-0.2, 0) is 13.0 Å². The lowest BCUT2D eigenvalue weighted by atomic mass is 10.0. The van der Waals surface area contributed by atoms with Gasteiger partial charge in [-0.15, -0.1) is 11.8 Å². The molecule has 0 atom stereocenters. The molecule has 2 aromatic rings. The van der Waals surface area contributed by atoms with Crippen molar-refractivity contribution in [3.05, 3.63) is 51.9 Å². The Morgan fingerprint density at radius 2 is 2.16 bits per heavy atom. The molecule has 1 N–H and O–H groups in total. The van der Waals surface area contributed by atoms with Crippen LogP contribution in [0.25, 0.3) is 0 Å². The van der Waals surface area contributed by atoms with Crippen LogP contribution in [0.5, 0.6) is 5.75 Å². The number of benzene rings is 1. The number of anilines is 1. The van der Waals surface area contributed by atoms with Gasteiger partial charge in [0, 0.05) is 28.9 Å². The van der Waals surface area contributed by atoms with Gasteiger partial charge < -0.3 is 14.6 Å². The molecule has 0 fully saturated rings. The molecule has 0 saturated carbocycles. The van der Waals surface area contributed by atoms with E-state index in [1.54, 1.807) is 16.3 Å². The van der Waals surface area contributed by atoms with Crippen molar-refractivity contribution in [2.45, 2.75) is 37.6 Å². The number of thioether (sulfide) groups is 1. The van der Waals surface area contributed by atoms with Crippen LogP contribution in [-0.4, -0.2) is 23.3 Å². The Labute approximate surface area is 151 Å². The van der Waals surface area contributed by atoms with Crippen molar-refractivity contribution in [1.29, 1.82) is 0 Å². The second-order valence-corrected chi connectivity index (χ2v) is 6.78. The Hall–Kier alpha value is -2.21. The second kappa shape index (κ2) is 7.78. The zero-order valence-corrected chi connectivity index (χ0v) is 15.3. The van der Waals surface area contributed by atoms with Gasteiger partial charge in [-0.3, -0.25) is 9.59 Å². The van der Waals surface area contributed by atoms with E-state index in [0.717, 1.165) is 29.1 Å². The lowest BCUT2D eigenvalue weighted by molar-refractivity contribution is 0.102. The van der Waals surface area contributed by atoms with Gasteiger partial charge in [-0.1, -0.05) is 6.07 Å². The highest BCUT2D eigenvalue weighted by molar-refractivity contribution is 7.98. The number of nitrogens with one attached hydrogen (secondary N) is 1. The molecule has 6 heteroatoms. The van der Waals surface area contributed by atoms with E-state index < -0.39 is 0 Å². The van der Waals surface area contributed by atoms with Crippen LogP contribution in [0.4, 0.5) is 5.69 Å². The first kappa shape index (κ1) is 17.6. The van der Waals surface area contributed by atoms with Crippen molar-refractivity contribution in [2.24, 2.45) is 0 Å². The fourth-order valence-corrected chi connectivity index (χ4v) is 3.61. The molecular formula is C19H22N2O3S. The molecule has 0 unspecified atom stereocenters. The summed E-state index contributed by atoms with van der Waals surface area (Å²) in [6, 6.07) is 9.14. The summed E-state index contributed by atoms with van der Waals surface area (Å²) in [5.41, 5.74) is 1.90. The number of amides is 1. The molecule has 3 rings (SSSR count). The summed E-state index contributed by atoms with van der Waals surface area (Å²) in [7, 11) is 0. The number of hydrogen-bond donors (Lipinski definition) is 1. The van der Waals surface area contributed by atoms with Crippen molar-refractivity contribution in [3.8, 4) is 5.75 Å². The lowest BCUT2D eigenvalue weighted by Crippen LogP contribution is -2.31. The molecule has 1 amide bonds. The summed E-state index contributed by atoms with van der Waals surface area (Å²) >= 11 is 1.62. The van der Waals surface area contributed by atoms with Crippen LogP contribution < -0.4 is 15.6 Å². The first-order valence-corrected chi connectivity index (χ1v) is 9.71. The molecule has 2 heterocycles. The van der Waals surface area contributed by atoms with Crippen molar-refractivity contribution >= 4 is 23.4 Å². The van der Waals surface area contributed by atoms with Crippen LogP contribution in [0.15, 0.2) is 40.0 Å². The Kier molecular flexibility index (Phi) is 5.48. The fraction of sp³-hybridized carbons (Fsp3) is 0.368. The summed E-state index contributed by atoms with van der Waals surface area (Å²) in [6.07, 6.45) is 4.63. The minimum Gasteiger partial charge on any atom is -0.493 e. The Morgan fingerprint density at radius 1 is 1.32 bits per heavy atom. The SMILES string of the molecule is CCOc1cc(=O)n2c(c1C(=O)Nc1cccc(SC)c1)CCCC2. The van der Waals surface area contributed by atoms with E-state index in [-0.39, 0.29) is 11.5 Å². The van der Waals surface area contributed by atoms with Gasteiger partial charge in [0.15, 0.2) is 0 Å². The predicted octanol–water partition coefficient (Wildman–Crippen LogP) is 3.56. The smallest absolute Gasteiger partial charge is 0.261 e. The third-order valence-corrected chi connectivity index (χ3v) is 5.01. The number of rotatable bonds is 5. The van der Waals surface area contributed by atoms with Crippen molar-refractivity contribution < 1.29 is 9.53 Å². The molecule has 1 aliphatic rings. The zero-order valence-electron chi connectivity index (χ0n) is 14.5. The molecule has 0 spiro atoms. The van der Waals surface area contributed by atoms with E-state index in [9.17, 15) is 9.59 Å². The number of aromatic nitrogens is 1. The Bertz CT molecular complexity index is 845. The molecule has 0 bridgehead atoms. The third-order valence-electron chi connectivity index (χ3n) is 4.28. The van der Waals surface area contributed by atoms with Crippen LogP contribution in [0.3, 0.4) is 0 Å². The average molecular weight is 358 g/mol. The van der Waals surface area contributed by atoms with Gasteiger partial charge >= 0.3 is 0 Å². The monoisotopic (exact) mass is 358 g/mol. The van der Waals surface area contributed by atoms with Crippen LogP contribution in [0.1, 0.15) is 35.8 Å². The van der Waals surface area contributed by atoms with Crippen molar-refractivity contribution in [1.82, 2.24) is 4.57 Å². The largest absolute Gasteiger partial charge is 0.493 e. The molecule has 0 aliphatic carbocycles. The third kappa shape index (κ3) is 3.74. The average Bonchev–Trinajstić information content (AvgIpc) is 2.62. The quantitative estimate of drug-likeness (QED) is 0.830. The van der Waals surface area contributed by atoms with Crippen LogP contribution in [0.2, 0.25) is 0 Å². The summed E-state index contributed by atoms with van der Waals surface area (Å²) in [6.45, 7) is 2.91. The number of pyridine rings is 1. The van der Waals surface area contributed by atoms with E-state index in [0.29, 0.717) is 30.9 Å². The lowest BCUT2D eigenvalue weighted by Gasteiger charge is -2.23. The van der Waals surface area contributed by atoms with Gasteiger partial charge in [0.05, 0.1) is 6.61 Å². The number of nitrogens with zero attached hydrogens (tertiary/aromatic N) is 1. The Balaban J connectivity index is 2.01. The topological polar surface area (TPSA) is 60.3 Å². The molecular weight excluding hydrogens is 336 g/mol. The van der Waals surface area contributed by atoms with Crippen molar-refractivity contribution in [3.63, 3.8) is 0 Å². The molecule has 0 saturated heterocycles. The van der Waals surface area contributed by atoms with Gasteiger partial charge in [-0.2, -0.15) is 0 Å². The summed E-state index contributed by atoms with van der Waals surface area (Å²) in [4.78, 5) is 26.4. The summed E-state index contributed by atoms with van der Waals surface area (Å²) in [5.74, 6) is 0.145. The van der Waals surface area contributed by atoms with Crippen LogP contribution >= 0.6 is 11.8 Å². The molecule has 1 aromatic carbocycles. The first-order valence-electron chi connectivity index (χ1n) is 8.49. The first-order chi connectivity index (χ1) is 12.1. The van der Waals surface area contributed by atoms with E-state index in [2.05, 4.69) is 5.32 Å².